The van der Waals surface area contributed by atoms with Crippen molar-refractivity contribution in [3.63, 3.8) is 0 Å². The number of nitrogens with zero attached hydrogens (tertiary/aromatic N) is 3. The average Bonchev–Trinajstić information content (AvgIpc) is 3.70. The van der Waals surface area contributed by atoms with Crippen LogP contribution in [0.1, 0.15) is 42.4 Å². The van der Waals surface area contributed by atoms with Crippen molar-refractivity contribution in [1.29, 1.82) is 0 Å². The van der Waals surface area contributed by atoms with Crippen molar-refractivity contribution in [2.45, 2.75) is 63.1 Å². The van der Waals surface area contributed by atoms with Gasteiger partial charge in [0, 0.05) is 70.3 Å². The first-order valence-electron chi connectivity index (χ1n) is 15.3. The predicted molar refractivity (Wildman–Crippen MR) is 159 cm³/mol. The van der Waals surface area contributed by atoms with Gasteiger partial charge in [0.05, 0.1) is 18.9 Å². The summed E-state index contributed by atoms with van der Waals surface area (Å²) in [6.07, 6.45) is 3.01. The highest BCUT2D eigenvalue weighted by molar-refractivity contribution is 5.92. The van der Waals surface area contributed by atoms with E-state index in [2.05, 4.69) is 27.6 Å². The molecule has 0 bridgehead atoms. The van der Waals surface area contributed by atoms with Crippen molar-refractivity contribution in [3.8, 4) is 0 Å². The van der Waals surface area contributed by atoms with Gasteiger partial charge in [-0.15, -0.1) is 0 Å². The Bertz CT molecular complexity index is 1380. The molecule has 0 saturated carbocycles. The number of carbonyl (C=O) groups is 3. The van der Waals surface area contributed by atoms with Crippen molar-refractivity contribution < 1.29 is 23.9 Å². The molecule has 12 heteroatoms. The third-order valence-corrected chi connectivity index (χ3v) is 9.41. The zero-order valence-electron chi connectivity index (χ0n) is 24.3. The van der Waals surface area contributed by atoms with Crippen molar-refractivity contribution in [1.82, 2.24) is 25.4 Å². The largest absolute Gasteiger partial charge is 0.347 e. The molecule has 228 valence electrons. The third kappa shape index (κ3) is 5.74. The summed E-state index contributed by atoms with van der Waals surface area (Å²) in [6.45, 7) is 4.51. The van der Waals surface area contributed by atoms with Crippen LogP contribution in [0.3, 0.4) is 0 Å². The number of piperidine rings is 2. The molecule has 7 rings (SSSR count). The Morgan fingerprint density at radius 2 is 1.72 bits per heavy atom. The molecular formula is C31H39N7O5. The number of likely N-dealkylation sites (tertiary alicyclic amines) is 2. The van der Waals surface area contributed by atoms with Crippen LogP contribution in [0.2, 0.25) is 0 Å². The van der Waals surface area contributed by atoms with Crippen LogP contribution in [0.4, 0.5) is 21.0 Å². The van der Waals surface area contributed by atoms with Crippen molar-refractivity contribution >= 4 is 29.3 Å². The van der Waals surface area contributed by atoms with Gasteiger partial charge in [0.15, 0.2) is 5.79 Å². The Hall–Kier alpha value is -3.87. The smallest absolute Gasteiger partial charge is 0.322 e. The standard InChI is InChI=1S/C31H39N7O5/c39-28(36-13-9-31(10-14-36)42-15-16-43-31)27(18-21-5-6-26-23(17-21)19-32-35-26)34-29(40)37-11-7-24(8-12-37)38-20-22-3-1-2-4-25(22)33-30(38)41/h1-6,17,24,27,32,35H,7-16,18-20H2,(H,33,41)(H,34,40). The molecule has 1 atom stereocenters. The number of amides is 5. The van der Waals surface area contributed by atoms with Gasteiger partial charge in [0.2, 0.25) is 5.91 Å². The maximum atomic E-state index is 13.9. The van der Waals surface area contributed by atoms with E-state index in [0.717, 1.165) is 28.1 Å². The molecule has 43 heavy (non-hydrogen) atoms. The minimum atomic E-state index is -0.700. The Morgan fingerprint density at radius 3 is 2.51 bits per heavy atom. The normalized spacial score (nSPS) is 22.0. The Labute approximate surface area is 251 Å². The summed E-state index contributed by atoms with van der Waals surface area (Å²) in [5.41, 5.74) is 11.4. The average molecular weight is 590 g/mol. The molecule has 0 aliphatic carbocycles. The van der Waals surface area contributed by atoms with E-state index in [1.165, 1.54) is 0 Å². The zero-order chi connectivity index (χ0) is 29.4. The second kappa shape index (κ2) is 11.7. The predicted octanol–water partition coefficient (Wildman–Crippen LogP) is 2.62. The SMILES string of the molecule is O=C(NC(Cc1ccc2c(c1)CNN2)C(=O)N1CCC2(CC1)OCCO2)N1CCC(N2Cc3ccccc3NC2=O)CC1. The molecule has 3 saturated heterocycles. The zero-order valence-corrected chi connectivity index (χ0v) is 24.3. The number of nitrogens with one attached hydrogen (secondary N) is 4. The highest BCUT2D eigenvalue weighted by Gasteiger charge is 2.42. The number of carbonyl (C=O) groups excluding carboxylic acids is 3. The molecule has 2 aromatic rings. The molecule has 1 unspecified atom stereocenters. The number of para-hydroxylation sites is 1. The molecular weight excluding hydrogens is 550 g/mol. The van der Waals surface area contributed by atoms with Gasteiger partial charge in [-0.1, -0.05) is 30.3 Å². The number of benzene rings is 2. The van der Waals surface area contributed by atoms with Gasteiger partial charge in [-0.2, -0.15) is 0 Å². The first kappa shape index (κ1) is 27.9. The quantitative estimate of drug-likeness (QED) is 0.422. The number of fused-ring (bicyclic) bond motifs is 2. The second-order valence-corrected chi connectivity index (χ2v) is 12.0. The van der Waals surface area contributed by atoms with Gasteiger partial charge in [0.25, 0.3) is 0 Å². The number of hydrogen-bond donors (Lipinski definition) is 4. The lowest BCUT2D eigenvalue weighted by Gasteiger charge is -2.41. The number of urea groups is 2. The fourth-order valence-electron chi connectivity index (χ4n) is 6.92. The van der Waals surface area contributed by atoms with Crippen LogP contribution >= 0.6 is 0 Å². The molecule has 5 aliphatic heterocycles. The van der Waals surface area contributed by atoms with E-state index in [0.29, 0.717) is 84.6 Å². The summed E-state index contributed by atoms with van der Waals surface area (Å²) < 4.78 is 11.7. The number of hydrazine groups is 1. The highest BCUT2D eigenvalue weighted by atomic mass is 16.7. The monoisotopic (exact) mass is 589 g/mol. The summed E-state index contributed by atoms with van der Waals surface area (Å²) in [5, 5.41) is 6.08. The van der Waals surface area contributed by atoms with E-state index in [9.17, 15) is 14.4 Å². The molecule has 5 aliphatic rings. The van der Waals surface area contributed by atoms with Gasteiger partial charge < -0.3 is 40.2 Å². The van der Waals surface area contributed by atoms with Crippen LogP contribution in [-0.2, 0) is 33.8 Å². The lowest BCUT2D eigenvalue weighted by molar-refractivity contribution is -0.187. The lowest BCUT2D eigenvalue weighted by atomic mass is 9.99. The summed E-state index contributed by atoms with van der Waals surface area (Å²) in [4.78, 5) is 45.8. The molecule has 12 nitrogen and oxygen atoms in total. The number of hydrogen-bond acceptors (Lipinski definition) is 7. The van der Waals surface area contributed by atoms with Gasteiger partial charge in [-0.25, -0.2) is 15.0 Å². The van der Waals surface area contributed by atoms with E-state index >= 15 is 0 Å². The van der Waals surface area contributed by atoms with E-state index in [1.807, 2.05) is 46.2 Å². The van der Waals surface area contributed by atoms with E-state index in [4.69, 9.17) is 9.47 Å². The second-order valence-electron chi connectivity index (χ2n) is 12.0. The fourth-order valence-corrected chi connectivity index (χ4v) is 6.92. The number of rotatable bonds is 5. The Kier molecular flexibility index (Phi) is 7.58. The lowest BCUT2D eigenvalue weighted by Crippen LogP contribution is -2.58. The van der Waals surface area contributed by atoms with E-state index in [-0.39, 0.29) is 24.0 Å². The van der Waals surface area contributed by atoms with E-state index < -0.39 is 11.8 Å². The topological polar surface area (TPSA) is 128 Å². The fraction of sp³-hybridized carbons (Fsp3) is 0.516. The molecule has 0 radical (unpaired) electrons. The minimum absolute atomic E-state index is 0.0455. The van der Waals surface area contributed by atoms with Crippen LogP contribution in [-0.4, -0.2) is 89.9 Å². The molecule has 0 aromatic heterocycles. The number of anilines is 2. The van der Waals surface area contributed by atoms with Crippen LogP contribution in [0, 0.1) is 0 Å². The molecule has 1 spiro atoms. The third-order valence-electron chi connectivity index (χ3n) is 9.41. The summed E-state index contributed by atoms with van der Waals surface area (Å²) in [7, 11) is 0. The van der Waals surface area contributed by atoms with E-state index in [1.54, 1.807) is 4.90 Å². The molecule has 5 heterocycles. The summed E-state index contributed by atoms with van der Waals surface area (Å²) in [6, 6.07) is 13.0. The van der Waals surface area contributed by atoms with Crippen LogP contribution in [0.15, 0.2) is 42.5 Å². The van der Waals surface area contributed by atoms with Crippen LogP contribution in [0.5, 0.6) is 0 Å². The summed E-state index contributed by atoms with van der Waals surface area (Å²) in [5.74, 6) is -0.663. The Balaban J connectivity index is 1.00. The molecule has 2 aromatic carbocycles. The Morgan fingerprint density at radius 1 is 0.953 bits per heavy atom. The molecule has 3 fully saturated rings. The van der Waals surface area contributed by atoms with Crippen LogP contribution in [0.25, 0.3) is 0 Å². The van der Waals surface area contributed by atoms with Gasteiger partial charge in [-0.3, -0.25) is 4.79 Å². The molecule has 5 amide bonds. The van der Waals surface area contributed by atoms with Crippen molar-refractivity contribution in [3.05, 3.63) is 59.2 Å². The van der Waals surface area contributed by atoms with Gasteiger partial charge in [-0.05, 0) is 41.7 Å². The number of ether oxygens (including phenoxy) is 2. The first-order valence-corrected chi connectivity index (χ1v) is 15.3. The maximum Gasteiger partial charge on any atom is 0.322 e. The van der Waals surface area contributed by atoms with Gasteiger partial charge in [0.1, 0.15) is 6.04 Å². The minimum Gasteiger partial charge on any atom is -0.347 e. The highest BCUT2D eigenvalue weighted by Crippen LogP contribution is 2.32. The maximum absolute atomic E-state index is 13.9. The van der Waals surface area contributed by atoms with Crippen molar-refractivity contribution in [2.24, 2.45) is 0 Å². The molecule has 4 N–H and O–H groups in total. The first-order chi connectivity index (χ1) is 21.0. The summed E-state index contributed by atoms with van der Waals surface area (Å²) >= 11 is 0. The van der Waals surface area contributed by atoms with Gasteiger partial charge >= 0.3 is 12.1 Å². The van der Waals surface area contributed by atoms with Crippen molar-refractivity contribution in [2.75, 3.05) is 50.1 Å². The van der Waals surface area contributed by atoms with Crippen LogP contribution < -0.4 is 21.5 Å².